The van der Waals surface area contributed by atoms with E-state index < -0.39 is 17.5 Å². The highest BCUT2D eigenvalue weighted by Crippen LogP contribution is 2.38. The Bertz CT molecular complexity index is 301. The molecule has 6 nitrogen and oxygen atoms in total. The minimum absolute atomic E-state index is 0.111. The first kappa shape index (κ1) is 11.8. The lowest BCUT2D eigenvalue weighted by molar-refractivity contribution is -0.325. The van der Waals surface area contributed by atoms with Gasteiger partial charge in [-0.1, -0.05) is 6.92 Å². The van der Waals surface area contributed by atoms with Gasteiger partial charge in [0.1, 0.15) is 16.7 Å². The predicted molar refractivity (Wildman–Crippen MR) is 48.8 cm³/mol. The Morgan fingerprint density at radius 3 is 2.87 bits per heavy atom. The Kier molecular flexibility index (Phi) is 3.55. The number of carbonyl (C=O) groups is 1. The number of aliphatic carboxylic acids is 1. The van der Waals surface area contributed by atoms with Crippen LogP contribution in [0.4, 0.5) is 0 Å². The summed E-state index contributed by atoms with van der Waals surface area (Å²) < 4.78 is 5.16. The summed E-state index contributed by atoms with van der Waals surface area (Å²) in [6.45, 7) is 1.63. The number of carbonyl (C=O) groups excluding carboxylic acids is 1. The second kappa shape index (κ2) is 4.51. The molecule has 15 heavy (non-hydrogen) atoms. The van der Waals surface area contributed by atoms with Gasteiger partial charge >= 0.3 is 0 Å². The normalized spacial score (nSPS) is 35.6. The molecule has 1 saturated carbocycles. The maximum absolute atomic E-state index is 11.0. The molecular weight excluding hydrogens is 198 g/mol. The van der Waals surface area contributed by atoms with E-state index in [-0.39, 0.29) is 6.04 Å². The van der Waals surface area contributed by atoms with E-state index >= 15 is 0 Å². The number of ether oxygens (including phenoxy) is 1. The molecule has 0 aliphatic heterocycles. The summed E-state index contributed by atoms with van der Waals surface area (Å²) in [5.74, 6) is -1.09. The number of hydrogen-bond acceptors (Lipinski definition) is 5. The first-order valence-corrected chi connectivity index (χ1v) is 4.85. The topological polar surface area (TPSA) is 99.7 Å². The van der Waals surface area contributed by atoms with Gasteiger partial charge in [-0.2, -0.15) is 0 Å². The summed E-state index contributed by atoms with van der Waals surface area (Å²) in [6.07, 6.45) is 1.10. The summed E-state index contributed by atoms with van der Waals surface area (Å²) >= 11 is 0. The SMILES string of the molecule is CO[C@@H]1C[C@H](N=[N+]=N)CC[C@@]1(C)C(=O)[O-]. The molecule has 0 saturated heterocycles. The second-order valence-electron chi connectivity index (χ2n) is 4.07. The quantitative estimate of drug-likeness (QED) is 0.521. The fourth-order valence-corrected chi connectivity index (χ4v) is 2.03. The largest absolute Gasteiger partial charge is 0.549 e. The molecule has 0 amide bonds. The van der Waals surface area contributed by atoms with Crippen LogP contribution in [0.15, 0.2) is 5.11 Å². The number of carboxylic acid groups (broad SMARTS) is 1. The van der Waals surface area contributed by atoms with E-state index in [1.165, 1.54) is 7.11 Å². The fraction of sp³-hybridized carbons (Fsp3) is 0.889. The molecule has 0 aromatic rings. The van der Waals surface area contributed by atoms with Crippen molar-refractivity contribution < 1.29 is 14.6 Å². The van der Waals surface area contributed by atoms with Gasteiger partial charge in [-0.25, -0.2) is 0 Å². The van der Waals surface area contributed by atoms with Crippen molar-refractivity contribution >= 4 is 5.97 Å². The van der Waals surface area contributed by atoms with Crippen molar-refractivity contribution in [2.24, 2.45) is 10.5 Å². The van der Waals surface area contributed by atoms with Crippen LogP contribution in [0.1, 0.15) is 26.2 Å². The van der Waals surface area contributed by atoms with E-state index in [0.29, 0.717) is 19.3 Å². The summed E-state index contributed by atoms with van der Waals surface area (Å²) in [5.41, 5.74) is 5.68. The van der Waals surface area contributed by atoms with Crippen LogP contribution in [0, 0.1) is 10.9 Å². The minimum Gasteiger partial charge on any atom is -0.549 e. The molecule has 0 heterocycles. The van der Waals surface area contributed by atoms with Crippen LogP contribution < -0.4 is 10.0 Å². The fourth-order valence-electron chi connectivity index (χ4n) is 2.03. The lowest BCUT2D eigenvalue weighted by Gasteiger charge is -2.41. The van der Waals surface area contributed by atoms with E-state index in [9.17, 15) is 9.90 Å². The minimum atomic E-state index is -1.09. The van der Waals surface area contributed by atoms with Crippen molar-refractivity contribution in [2.75, 3.05) is 7.11 Å². The molecule has 84 valence electrons. The average Bonchev–Trinajstić information content (AvgIpc) is 2.21. The smallest absolute Gasteiger partial charge is 0.214 e. The molecule has 0 radical (unpaired) electrons. The molecule has 0 aromatic heterocycles. The lowest BCUT2D eigenvalue weighted by Crippen LogP contribution is -2.52. The van der Waals surface area contributed by atoms with Crippen LogP contribution in [0.5, 0.6) is 0 Å². The first-order valence-electron chi connectivity index (χ1n) is 4.85. The third-order valence-corrected chi connectivity index (χ3v) is 3.17. The Morgan fingerprint density at radius 1 is 1.73 bits per heavy atom. The van der Waals surface area contributed by atoms with E-state index in [0.717, 1.165) is 0 Å². The zero-order valence-electron chi connectivity index (χ0n) is 8.90. The van der Waals surface area contributed by atoms with Crippen LogP contribution in [0.25, 0.3) is 0 Å². The summed E-state index contributed by atoms with van der Waals surface area (Å²) in [4.78, 5) is 14.0. The Morgan fingerprint density at radius 2 is 2.40 bits per heavy atom. The molecule has 1 aliphatic rings. The highest BCUT2D eigenvalue weighted by atomic mass is 16.5. The van der Waals surface area contributed by atoms with Gasteiger partial charge in [0.05, 0.1) is 6.10 Å². The van der Waals surface area contributed by atoms with Gasteiger partial charge in [0.25, 0.3) is 0 Å². The van der Waals surface area contributed by atoms with Gasteiger partial charge in [0.15, 0.2) is 0 Å². The maximum atomic E-state index is 11.0. The van der Waals surface area contributed by atoms with Gasteiger partial charge < -0.3 is 14.6 Å². The molecule has 0 spiro atoms. The van der Waals surface area contributed by atoms with Crippen LogP contribution in [0.3, 0.4) is 0 Å². The molecule has 3 atom stereocenters. The number of methoxy groups -OCH3 is 1. The second-order valence-corrected chi connectivity index (χ2v) is 4.07. The molecule has 1 aliphatic carbocycles. The highest BCUT2D eigenvalue weighted by Gasteiger charge is 2.42. The number of nitrogens with zero attached hydrogens (tertiary/aromatic N) is 2. The molecule has 1 fully saturated rings. The zero-order chi connectivity index (χ0) is 11.5. The average molecular weight is 213 g/mol. The molecule has 0 unspecified atom stereocenters. The van der Waals surface area contributed by atoms with Crippen molar-refractivity contribution in [3.63, 3.8) is 0 Å². The maximum Gasteiger partial charge on any atom is 0.214 e. The highest BCUT2D eigenvalue weighted by molar-refractivity contribution is 5.73. The third kappa shape index (κ3) is 2.22. The Balaban J connectivity index is 2.81. The van der Waals surface area contributed by atoms with Crippen molar-refractivity contribution in [3.05, 3.63) is 0 Å². The van der Waals surface area contributed by atoms with Crippen LogP contribution in [-0.4, -0.2) is 25.2 Å². The number of hydrogen-bond donors (Lipinski definition) is 1. The monoisotopic (exact) mass is 213 g/mol. The van der Waals surface area contributed by atoms with Crippen molar-refractivity contribution in [1.82, 2.24) is 4.91 Å². The molecule has 0 aromatic carbocycles. The molecule has 0 bridgehead atoms. The third-order valence-electron chi connectivity index (χ3n) is 3.17. The van der Waals surface area contributed by atoms with Gasteiger partial charge in [-0.05, 0) is 12.8 Å². The summed E-state index contributed by atoms with van der Waals surface area (Å²) in [5, 5.41) is 14.7. The van der Waals surface area contributed by atoms with E-state index in [4.69, 9.17) is 10.3 Å². The van der Waals surface area contributed by atoms with Crippen LogP contribution in [0.2, 0.25) is 0 Å². The molecule has 1 N–H and O–H groups in total. The van der Waals surface area contributed by atoms with E-state index in [1.54, 1.807) is 6.92 Å². The van der Waals surface area contributed by atoms with Crippen LogP contribution >= 0.6 is 0 Å². The summed E-state index contributed by atoms with van der Waals surface area (Å²) in [7, 11) is 1.48. The number of rotatable bonds is 3. The molecule has 6 heteroatoms. The lowest BCUT2D eigenvalue weighted by atomic mass is 9.72. The number of carboxylic acids is 1. The zero-order valence-corrected chi connectivity index (χ0v) is 8.90. The van der Waals surface area contributed by atoms with Crippen molar-refractivity contribution in [2.45, 2.75) is 38.3 Å². The van der Waals surface area contributed by atoms with Gasteiger partial charge in [0, 0.05) is 24.9 Å². The predicted octanol–water partition coefficient (Wildman–Crippen LogP) is -0.140. The van der Waals surface area contributed by atoms with E-state index in [1.807, 2.05) is 0 Å². The Labute approximate surface area is 87.9 Å². The van der Waals surface area contributed by atoms with Crippen molar-refractivity contribution in [3.8, 4) is 0 Å². The first-order chi connectivity index (χ1) is 7.04. The molecule has 1 rings (SSSR count). The van der Waals surface area contributed by atoms with Gasteiger partial charge in [-0.15, -0.1) is 0 Å². The standard InChI is InChI=1S/C9H15N3O3/c1-9(8(13)14)4-3-6(11-12-10)5-7(9)15-2/h6-7,10H,3-5H2,1-2H3/t6-,7-,9-/m1/s1. The Hall–Kier alpha value is -1.26. The summed E-state index contributed by atoms with van der Waals surface area (Å²) in [6, 6.07) is -0.111. The molecular formula is C9H15N3O3. The number of nitrogens with one attached hydrogen (secondary N) is 1. The van der Waals surface area contributed by atoms with Crippen molar-refractivity contribution in [1.29, 1.82) is 5.53 Å². The van der Waals surface area contributed by atoms with Gasteiger partial charge in [0.2, 0.25) is 4.91 Å². The van der Waals surface area contributed by atoms with Gasteiger partial charge in [-0.3, -0.25) is 0 Å². The van der Waals surface area contributed by atoms with E-state index in [2.05, 4.69) is 10.0 Å². The van der Waals surface area contributed by atoms with Crippen LogP contribution in [-0.2, 0) is 9.53 Å².